The van der Waals surface area contributed by atoms with E-state index < -0.39 is 6.17 Å². The molecule has 2 N–H and O–H groups in total. The van der Waals surface area contributed by atoms with Gasteiger partial charge < -0.3 is 29.9 Å². The topological polar surface area (TPSA) is 91.9 Å². The second-order valence-electron chi connectivity index (χ2n) is 9.48. The van der Waals surface area contributed by atoms with Crippen LogP contribution in [0, 0.1) is 5.92 Å². The van der Waals surface area contributed by atoms with Gasteiger partial charge in [-0.15, -0.1) is 0 Å². The van der Waals surface area contributed by atoms with Crippen LogP contribution in [-0.2, 0) is 4.79 Å². The van der Waals surface area contributed by atoms with Crippen molar-refractivity contribution in [1.82, 2.24) is 19.8 Å². The van der Waals surface area contributed by atoms with E-state index in [0.29, 0.717) is 42.9 Å². The van der Waals surface area contributed by atoms with Gasteiger partial charge in [0.1, 0.15) is 12.0 Å². The molecule has 2 saturated heterocycles. The smallest absolute Gasteiger partial charge is 0.229 e. The van der Waals surface area contributed by atoms with Gasteiger partial charge in [-0.2, -0.15) is 4.98 Å². The summed E-state index contributed by atoms with van der Waals surface area (Å²) < 4.78 is 24.8. The van der Waals surface area contributed by atoms with Gasteiger partial charge in [0, 0.05) is 64.1 Å². The number of amides is 1. The number of hydrogen-bond acceptors (Lipinski definition) is 8. The fraction of sp³-hybridized carbons (Fsp3) is 0.577. The Labute approximate surface area is 212 Å². The number of benzene rings is 1. The molecule has 0 aliphatic carbocycles. The molecular formula is C26H37FN6O3. The number of nitrogens with zero attached hydrogens (tertiary/aromatic N) is 4. The predicted molar refractivity (Wildman–Crippen MR) is 138 cm³/mol. The fourth-order valence-corrected chi connectivity index (χ4v) is 4.67. The van der Waals surface area contributed by atoms with E-state index in [1.165, 1.54) is 0 Å². The molecule has 9 nitrogen and oxygen atoms in total. The van der Waals surface area contributed by atoms with Crippen molar-refractivity contribution >= 4 is 23.4 Å². The fourth-order valence-electron chi connectivity index (χ4n) is 4.67. The average molecular weight is 501 g/mol. The number of carbonyl (C=O) groups is 1. The van der Waals surface area contributed by atoms with E-state index in [0.717, 1.165) is 63.5 Å². The standard InChI is InChI=1S/C26H37FN6O3/c1-19(34)33-13-7-20(8-14-33)17-29-25-6-10-28-26(31-25)30-22-4-5-23(35-2)24(16-22)36-15-3-11-32-12-9-21(27)18-32/h4-6,10,16,20-21H,3,7-9,11-15,17-18H2,1-2H3,(H2,28,29,30,31)/t21-/m0/s1. The molecule has 0 bridgehead atoms. The number of hydrogen-bond donors (Lipinski definition) is 2. The summed E-state index contributed by atoms with van der Waals surface area (Å²) in [6, 6.07) is 7.47. The van der Waals surface area contributed by atoms with Crippen molar-refractivity contribution in [3.8, 4) is 11.5 Å². The summed E-state index contributed by atoms with van der Waals surface area (Å²) in [6.45, 7) is 6.76. The summed E-state index contributed by atoms with van der Waals surface area (Å²) in [4.78, 5) is 24.5. The Morgan fingerprint density at radius 1 is 1.17 bits per heavy atom. The van der Waals surface area contributed by atoms with Crippen LogP contribution in [0.4, 0.5) is 21.8 Å². The Morgan fingerprint density at radius 3 is 2.72 bits per heavy atom. The molecule has 3 heterocycles. The Bertz CT molecular complexity index is 1000. The molecule has 0 spiro atoms. The first-order valence-electron chi connectivity index (χ1n) is 12.8. The van der Waals surface area contributed by atoms with E-state index >= 15 is 0 Å². The van der Waals surface area contributed by atoms with E-state index in [1.807, 2.05) is 29.2 Å². The van der Waals surface area contributed by atoms with Crippen LogP contribution < -0.4 is 20.1 Å². The van der Waals surface area contributed by atoms with Crippen LogP contribution in [0.1, 0.15) is 32.6 Å². The first kappa shape index (κ1) is 25.9. The molecule has 4 rings (SSSR count). The highest BCUT2D eigenvalue weighted by molar-refractivity contribution is 5.73. The first-order valence-corrected chi connectivity index (χ1v) is 12.8. The lowest BCUT2D eigenvalue weighted by atomic mass is 9.97. The quantitative estimate of drug-likeness (QED) is 0.451. The van der Waals surface area contributed by atoms with Crippen molar-refractivity contribution in [3.63, 3.8) is 0 Å². The predicted octanol–water partition coefficient (Wildman–Crippen LogP) is 3.71. The van der Waals surface area contributed by atoms with Crippen molar-refractivity contribution in [2.45, 2.75) is 38.8 Å². The third kappa shape index (κ3) is 7.43. The molecule has 1 amide bonds. The van der Waals surface area contributed by atoms with Crippen molar-refractivity contribution in [2.75, 3.05) is 63.6 Å². The number of aromatic nitrogens is 2. The number of alkyl halides is 1. The molecule has 0 saturated carbocycles. The Kier molecular flexibility index (Phi) is 9.16. The SMILES string of the molecule is COc1ccc(Nc2nccc(NCC3CCN(C(C)=O)CC3)n2)cc1OCCCN1CC[C@H](F)C1. The maximum atomic E-state index is 13.3. The van der Waals surface area contributed by atoms with Gasteiger partial charge in [-0.1, -0.05) is 0 Å². The molecule has 196 valence electrons. The van der Waals surface area contributed by atoms with Crippen LogP contribution in [0.2, 0.25) is 0 Å². The van der Waals surface area contributed by atoms with Gasteiger partial charge >= 0.3 is 0 Å². The van der Waals surface area contributed by atoms with Crippen molar-refractivity contribution in [1.29, 1.82) is 0 Å². The third-order valence-electron chi connectivity index (χ3n) is 6.80. The Morgan fingerprint density at radius 2 is 2.00 bits per heavy atom. The molecule has 2 aliphatic rings. The second kappa shape index (κ2) is 12.7. The molecular weight excluding hydrogens is 463 g/mol. The maximum absolute atomic E-state index is 13.3. The van der Waals surface area contributed by atoms with Gasteiger partial charge in [0.05, 0.1) is 13.7 Å². The zero-order chi connectivity index (χ0) is 25.3. The number of likely N-dealkylation sites (tertiary alicyclic amines) is 2. The number of rotatable bonds is 11. The number of carbonyl (C=O) groups excluding carboxylic acids is 1. The van der Waals surface area contributed by atoms with Gasteiger partial charge in [-0.05, 0) is 49.8 Å². The molecule has 2 aliphatic heterocycles. The van der Waals surface area contributed by atoms with Gasteiger partial charge in [-0.3, -0.25) is 4.79 Å². The maximum Gasteiger partial charge on any atom is 0.229 e. The normalized spacial score (nSPS) is 18.8. The lowest BCUT2D eigenvalue weighted by molar-refractivity contribution is -0.130. The summed E-state index contributed by atoms with van der Waals surface area (Å²) in [5.74, 6) is 3.19. The van der Waals surface area contributed by atoms with Crippen LogP contribution >= 0.6 is 0 Å². The monoisotopic (exact) mass is 500 g/mol. The third-order valence-corrected chi connectivity index (χ3v) is 6.80. The van der Waals surface area contributed by atoms with Crippen LogP contribution in [0.5, 0.6) is 11.5 Å². The highest BCUT2D eigenvalue weighted by Crippen LogP contribution is 2.31. The highest BCUT2D eigenvalue weighted by Gasteiger charge is 2.21. The lowest BCUT2D eigenvalue weighted by Crippen LogP contribution is -2.38. The number of anilines is 3. The summed E-state index contributed by atoms with van der Waals surface area (Å²) in [7, 11) is 1.61. The summed E-state index contributed by atoms with van der Waals surface area (Å²) in [5, 5.41) is 6.65. The molecule has 1 atom stereocenters. The van der Waals surface area contributed by atoms with E-state index in [9.17, 15) is 9.18 Å². The molecule has 36 heavy (non-hydrogen) atoms. The molecule has 1 aromatic heterocycles. The zero-order valence-electron chi connectivity index (χ0n) is 21.2. The average Bonchev–Trinajstić information content (AvgIpc) is 3.31. The first-order chi connectivity index (χ1) is 17.5. The van der Waals surface area contributed by atoms with Gasteiger partial charge in [-0.25, -0.2) is 9.37 Å². The molecule has 2 aromatic rings. The van der Waals surface area contributed by atoms with Gasteiger partial charge in [0.2, 0.25) is 11.9 Å². The zero-order valence-corrected chi connectivity index (χ0v) is 21.2. The minimum absolute atomic E-state index is 0.151. The number of piperidine rings is 1. The molecule has 1 aromatic carbocycles. The summed E-state index contributed by atoms with van der Waals surface area (Å²) in [6.07, 6.45) is 4.45. The molecule has 0 radical (unpaired) electrons. The highest BCUT2D eigenvalue weighted by atomic mass is 19.1. The molecule has 10 heteroatoms. The van der Waals surface area contributed by atoms with Crippen LogP contribution in [0.3, 0.4) is 0 Å². The Hall–Kier alpha value is -3.14. The number of halogens is 1. The van der Waals surface area contributed by atoms with E-state index in [1.54, 1.807) is 20.2 Å². The minimum Gasteiger partial charge on any atom is -0.493 e. The second-order valence-corrected chi connectivity index (χ2v) is 9.48. The van der Waals surface area contributed by atoms with Crippen molar-refractivity contribution in [3.05, 3.63) is 30.5 Å². The van der Waals surface area contributed by atoms with Crippen molar-refractivity contribution in [2.24, 2.45) is 5.92 Å². The number of ether oxygens (including phenoxy) is 2. The summed E-state index contributed by atoms with van der Waals surface area (Å²) >= 11 is 0. The van der Waals surface area contributed by atoms with Gasteiger partial charge in [0.15, 0.2) is 11.5 Å². The molecule has 0 unspecified atom stereocenters. The minimum atomic E-state index is -0.698. The van der Waals surface area contributed by atoms with Crippen molar-refractivity contribution < 1.29 is 18.7 Å². The van der Waals surface area contributed by atoms with Gasteiger partial charge in [0.25, 0.3) is 0 Å². The van der Waals surface area contributed by atoms with Crippen LogP contribution in [0.15, 0.2) is 30.5 Å². The van der Waals surface area contributed by atoms with E-state index in [2.05, 4.69) is 25.5 Å². The Balaban J connectivity index is 1.27. The summed E-state index contributed by atoms with van der Waals surface area (Å²) in [5.41, 5.74) is 0.791. The van der Waals surface area contributed by atoms with E-state index in [-0.39, 0.29) is 5.91 Å². The molecule has 2 fully saturated rings. The lowest BCUT2D eigenvalue weighted by Gasteiger charge is -2.31. The number of methoxy groups -OCH3 is 1. The number of nitrogens with one attached hydrogen (secondary N) is 2. The van der Waals surface area contributed by atoms with E-state index in [4.69, 9.17) is 9.47 Å². The van der Waals surface area contributed by atoms with Crippen LogP contribution in [-0.4, -0.2) is 84.8 Å². The largest absolute Gasteiger partial charge is 0.493 e. The van der Waals surface area contributed by atoms with Crippen LogP contribution in [0.25, 0.3) is 0 Å².